The molecule has 0 bridgehead atoms. The molecular formula is C7H10BrN5O3. The molecular weight excluding hydrogens is 282 g/mol. The molecule has 0 spiro atoms. The fraction of sp³-hybridized carbons (Fsp3) is 0.429. The van der Waals surface area contributed by atoms with Crippen molar-refractivity contribution in [3.63, 3.8) is 0 Å². The van der Waals surface area contributed by atoms with E-state index in [1.165, 1.54) is 10.9 Å². The fourth-order valence-corrected chi connectivity index (χ4v) is 1.56. The Morgan fingerprint density at radius 3 is 2.94 bits per heavy atom. The smallest absolute Gasteiger partial charge is 0.358 e. The molecule has 0 radical (unpaired) electrons. The minimum Gasteiger partial charge on any atom is -0.358 e. The van der Waals surface area contributed by atoms with Gasteiger partial charge in [-0.25, -0.2) is 5.84 Å². The first kappa shape index (κ1) is 12.6. The largest absolute Gasteiger partial charge is 0.404 e. The zero-order chi connectivity index (χ0) is 12.1. The topological polar surface area (TPSA) is 116 Å². The van der Waals surface area contributed by atoms with Gasteiger partial charge in [0.15, 0.2) is 0 Å². The van der Waals surface area contributed by atoms with E-state index in [9.17, 15) is 14.9 Å². The molecule has 1 heterocycles. The lowest BCUT2D eigenvalue weighted by Crippen LogP contribution is -2.29. The summed E-state index contributed by atoms with van der Waals surface area (Å²) in [6, 6.07) is 0. The predicted molar refractivity (Wildman–Crippen MR) is 58.1 cm³/mol. The Bertz CT molecular complexity index is 405. The molecule has 1 amide bonds. The number of nitrogens with one attached hydrogen (secondary N) is 1. The number of nitrogens with zero attached hydrogens (tertiary/aromatic N) is 3. The van der Waals surface area contributed by atoms with Crippen molar-refractivity contribution in [1.82, 2.24) is 15.2 Å². The Hall–Kier alpha value is -1.48. The van der Waals surface area contributed by atoms with Crippen molar-refractivity contribution in [3.8, 4) is 0 Å². The summed E-state index contributed by atoms with van der Waals surface area (Å²) in [5.74, 6) is 4.39. The van der Waals surface area contributed by atoms with Gasteiger partial charge in [-0.1, -0.05) is 0 Å². The molecule has 0 aliphatic rings. The van der Waals surface area contributed by atoms with Crippen LogP contribution in [0.5, 0.6) is 0 Å². The standard InChI is InChI=1S/C7H10BrN5O3/c8-5-4-12(11-7(5)13(15)16)3-1-2-6(14)10-9/h4H,1-3,9H2,(H,10,14). The highest BCUT2D eigenvalue weighted by molar-refractivity contribution is 9.10. The van der Waals surface area contributed by atoms with Crippen molar-refractivity contribution in [2.45, 2.75) is 19.4 Å². The highest BCUT2D eigenvalue weighted by Crippen LogP contribution is 2.22. The van der Waals surface area contributed by atoms with Gasteiger partial charge in [0.05, 0.1) is 17.8 Å². The van der Waals surface area contributed by atoms with Crippen LogP contribution in [0.25, 0.3) is 0 Å². The molecule has 0 aliphatic carbocycles. The van der Waals surface area contributed by atoms with Crippen LogP contribution in [0, 0.1) is 10.1 Å². The van der Waals surface area contributed by atoms with Crippen LogP contribution < -0.4 is 11.3 Å². The molecule has 1 aromatic rings. The van der Waals surface area contributed by atoms with Crippen LogP contribution in [0.4, 0.5) is 5.82 Å². The van der Waals surface area contributed by atoms with Gasteiger partial charge >= 0.3 is 5.82 Å². The summed E-state index contributed by atoms with van der Waals surface area (Å²) in [6.45, 7) is 0.417. The average Bonchev–Trinajstić information content (AvgIpc) is 2.59. The third kappa shape index (κ3) is 3.28. The minimum atomic E-state index is -0.576. The zero-order valence-corrected chi connectivity index (χ0v) is 9.81. The second-order valence-corrected chi connectivity index (χ2v) is 3.85. The van der Waals surface area contributed by atoms with Crippen molar-refractivity contribution in [2.75, 3.05) is 0 Å². The number of aryl methyl sites for hydroxylation is 1. The van der Waals surface area contributed by atoms with Gasteiger partial charge in [-0.15, -0.1) is 0 Å². The molecule has 1 rings (SSSR count). The fourth-order valence-electron chi connectivity index (χ4n) is 1.10. The first-order valence-corrected chi connectivity index (χ1v) is 5.20. The van der Waals surface area contributed by atoms with E-state index >= 15 is 0 Å². The monoisotopic (exact) mass is 291 g/mol. The summed E-state index contributed by atoms with van der Waals surface area (Å²) in [7, 11) is 0. The lowest BCUT2D eigenvalue weighted by atomic mass is 10.3. The summed E-state index contributed by atoms with van der Waals surface area (Å²) in [4.78, 5) is 20.7. The molecule has 88 valence electrons. The maximum Gasteiger partial charge on any atom is 0.404 e. The second kappa shape index (κ2) is 5.56. The van der Waals surface area contributed by atoms with Crippen molar-refractivity contribution < 1.29 is 9.72 Å². The van der Waals surface area contributed by atoms with E-state index in [1.807, 2.05) is 5.43 Å². The van der Waals surface area contributed by atoms with Crippen molar-refractivity contribution in [1.29, 1.82) is 0 Å². The van der Waals surface area contributed by atoms with Gasteiger partial charge in [-0.05, 0) is 27.3 Å². The van der Waals surface area contributed by atoms with E-state index in [0.717, 1.165) is 0 Å². The molecule has 0 unspecified atom stereocenters. The number of amides is 1. The maximum absolute atomic E-state index is 10.8. The van der Waals surface area contributed by atoms with Gasteiger partial charge in [0.2, 0.25) is 5.91 Å². The van der Waals surface area contributed by atoms with Crippen LogP contribution in [-0.4, -0.2) is 20.6 Å². The van der Waals surface area contributed by atoms with Crippen LogP contribution in [0.15, 0.2) is 10.7 Å². The lowest BCUT2D eigenvalue weighted by molar-refractivity contribution is -0.390. The summed E-state index contributed by atoms with van der Waals surface area (Å²) >= 11 is 3.03. The molecule has 1 aromatic heterocycles. The number of carbonyl (C=O) groups excluding carboxylic acids is 1. The van der Waals surface area contributed by atoms with Gasteiger partial charge in [0.1, 0.15) is 4.47 Å². The Kier molecular flexibility index (Phi) is 4.38. The van der Waals surface area contributed by atoms with Crippen LogP contribution in [-0.2, 0) is 11.3 Å². The van der Waals surface area contributed by atoms with E-state index < -0.39 is 4.92 Å². The molecule has 16 heavy (non-hydrogen) atoms. The van der Waals surface area contributed by atoms with Crippen LogP contribution in [0.1, 0.15) is 12.8 Å². The third-order valence-corrected chi connectivity index (χ3v) is 2.38. The van der Waals surface area contributed by atoms with E-state index in [-0.39, 0.29) is 18.1 Å². The van der Waals surface area contributed by atoms with Gasteiger partial charge in [-0.2, -0.15) is 4.68 Å². The number of carbonyl (C=O) groups is 1. The van der Waals surface area contributed by atoms with Crippen LogP contribution in [0.3, 0.4) is 0 Å². The average molecular weight is 292 g/mol. The molecule has 0 atom stereocenters. The number of nitro groups is 1. The minimum absolute atomic E-state index is 0.233. The first-order chi connectivity index (χ1) is 7.54. The first-order valence-electron chi connectivity index (χ1n) is 4.41. The van der Waals surface area contributed by atoms with E-state index in [2.05, 4.69) is 21.0 Å². The maximum atomic E-state index is 10.8. The van der Waals surface area contributed by atoms with Crippen molar-refractivity contribution in [2.24, 2.45) is 5.84 Å². The quantitative estimate of drug-likeness (QED) is 0.351. The molecule has 9 heteroatoms. The number of aromatic nitrogens is 2. The molecule has 0 fully saturated rings. The van der Waals surface area contributed by atoms with Crippen molar-refractivity contribution >= 4 is 27.7 Å². The molecule has 0 saturated heterocycles. The number of hydrogen-bond acceptors (Lipinski definition) is 5. The Labute approximate surface area is 99.0 Å². The summed E-state index contributed by atoms with van der Waals surface area (Å²) in [5.41, 5.74) is 2.00. The van der Waals surface area contributed by atoms with Gasteiger partial charge in [0.25, 0.3) is 0 Å². The number of hydrogen-bond donors (Lipinski definition) is 2. The predicted octanol–water partition coefficient (Wildman–Crippen LogP) is 0.324. The molecule has 3 N–H and O–H groups in total. The number of rotatable bonds is 5. The van der Waals surface area contributed by atoms with Crippen LogP contribution in [0.2, 0.25) is 0 Å². The van der Waals surface area contributed by atoms with E-state index in [4.69, 9.17) is 5.84 Å². The Balaban J connectivity index is 2.52. The van der Waals surface area contributed by atoms with Crippen LogP contribution >= 0.6 is 15.9 Å². The van der Waals surface area contributed by atoms with E-state index in [1.54, 1.807) is 0 Å². The van der Waals surface area contributed by atoms with Crippen molar-refractivity contribution in [3.05, 3.63) is 20.8 Å². The highest BCUT2D eigenvalue weighted by atomic mass is 79.9. The zero-order valence-electron chi connectivity index (χ0n) is 8.22. The summed E-state index contributed by atoms with van der Waals surface area (Å²) in [5, 5.41) is 14.2. The highest BCUT2D eigenvalue weighted by Gasteiger charge is 2.18. The number of hydrazine groups is 1. The SMILES string of the molecule is NNC(=O)CCCn1cc(Br)c([N+](=O)[O-])n1. The molecule has 8 nitrogen and oxygen atoms in total. The summed E-state index contributed by atoms with van der Waals surface area (Å²) in [6.07, 6.45) is 2.26. The third-order valence-electron chi connectivity index (χ3n) is 1.82. The normalized spacial score (nSPS) is 10.1. The number of nitrogens with two attached hydrogens (primary N) is 1. The van der Waals surface area contributed by atoms with Gasteiger partial charge in [0, 0.05) is 6.42 Å². The molecule has 0 aliphatic heterocycles. The Morgan fingerprint density at radius 2 is 2.44 bits per heavy atom. The second-order valence-electron chi connectivity index (χ2n) is 2.99. The lowest BCUT2D eigenvalue weighted by Gasteiger charge is -1.97. The van der Waals surface area contributed by atoms with Gasteiger partial charge in [-0.3, -0.25) is 10.2 Å². The molecule has 0 saturated carbocycles. The Morgan fingerprint density at radius 1 is 1.75 bits per heavy atom. The number of halogens is 1. The summed E-state index contributed by atoms with van der Waals surface area (Å²) < 4.78 is 1.73. The van der Waals surface area contributed by atoms with E-state index in [0.29, 0.717) is 17.4 Å². The van der Waals surface area contributed by atoms with Gasteiger partial charge < -0.3 is 10.1 Å². The molecule has 0 aromatic carbocycles.